The van der Waals surface area contributed by atoms with Gasteiger partial charge in [0.15, 0.2) is 10.9 Å². The lowest BCUT2D eigenvalue weighted by molar-refractivity contribution is -0.274. The number of alkyl halides is 3. The lowest BCUT2D eigenvalue weighted by Crippen LogP contribution is -2.40. The Morgan fingerprint density at radius 2 is 1.87 bits per heavy atom. The number of aliphatic hydroxyl groups excluding tert-OH is 1. The Bertz CT molecular complexity index is 1510. The number of ketones is 1. The zero-order valence-electron chi connectivity index (χ0n) is 20.3. The number of carbonyl (C=O) groups excluding carboxylic acids is 2. The smallest absolute Gasteiger partial charge is 0.406 e. The third-order valence-electron chi connectivity index (χ3n) is 6.40. The minimum atomic E-state index is -4.78. The number of likely N-dealkylation sites (tertiary alicyclic amines) is 1. The number of nitrogens with one attached hydrogen (secondary N) is 1. The van der Waals surface area contributed by atoms with Gasteiger partial charge in [0.1, 0.15) is 5.75 Å². The first kappa shape index (κ1) is 25.9. The van der Waals surface area contributed by atoms with Crippen molar-refractivity contribution in [2.45, 2.75) is 38.1 Å². The van der Waals surface area contributed by atoms with Crippen LogP contribution in [0.3, 0.4) is 0 Å². The van der Waals surface area contributed by atoms with Crippen molar-refractivity contribution >= 4 is 55.4 Å². The van der Waals surface area contributed by atoms with Crippen LogP contribution in [0.5, 0.6) is 5.75 Å². The largest absolute Gasteiger partial charge is 0.573 e. The Balaban J connectivity index is 1.27. The molecule has 0 bridgehead atoms. The molecule has 5 rings (SSSR count). The molecule has 1 saturated heterocycles. The summed E-state index contributed by atoms with van der Waals surface area (Å²) in [6.07, 6.45) is -3.86. The number of benzene rings is 2. The summed E-state index contributed by atoms with van der Waals surface area (Å²) in [5.74, 6) is -0.140. The molecule has 1 aliphatic heterocycles. The Morgan fingerprint density at radius 1 is 1.11 bits per heavy atom. The van der Waals surface area contributed by atoms with Crippen molar-refractivity contribution in [2.75, 3.05) is 18.4 Å². The molecule has 0 saturated carbocycles. The van der Waals surface area contributed by atoms with Gasteiger partial charge in [-0.1, -0.05) is 11.3 Å². The number of carbonyl (C=O) groups is 2. The van der Waals surface area contributed by atoms with Gasteiger partial charge >= 0.3 is 6.36 Å². The predicted molar refractivity (Wildman–Crippen MR) is 136 cm³/mol. The number of fused-ring (bicyclic) bond motifs is 2. The molecule has 38 heavy (non-hydrogen) atoms. The van der Waals surface area contributed by atoms with Crippen molar-refractivity contribution < 1.29 is 32.6 Å². The average molecular weight is 548 g/mol. The zero-order chi connectivity index (χ0) is 27.0. The number of aromatic nitrogens is 3. The molecular weight excluding hydrogens is 523 g/mol. The lowest BCUT2D eigenvalue weighted by Gasteiger charge is -2.29. The zero-order valence-corrected chi connectivity index (χ0v) is 21.1. The van der Waals surface area contributed by atoms with E-state index in [4.69, 9.17) is 0 Å². The van der Waals surface area contributed by atoms with Crippen molar-refractivity contribution in [3.63, 3.8) is 0 Å². The summed E-state index contributed by atoms with van der Waals surface area (Å²) in [6.45, 7) is 1.00. The van der Waals surface area contributed by atoms with Crippen LogP contribution in [0.25, 0.3) is 21.3 Å². The number of hydrogen-bond acceptors (Lipinski definition) is 8. The van der Waals surface area contributed by atoms with E-state index < -0.39 is 6.36 Å². The van der Waals surface area contributed by atoms with Gasteiger partial charge in [0, 0.05) is 44.6 Å². The molecule has 1 amide bonds. The number of aliphatic hydroxyl groups is 1. The summed E-state index contributed by atoms with van der Waals surface area (Å²) in [4.78, 5) is 35.8. The van der Waals surface area contributed by atoms with Crippen LogP contribution < -0.4 is 10.1 Å². The second kappa shape index (κ2) is 10.2. The molecule has 1 fully saturated rings. The molecule has 4 aromatic rings. The molecule has 200 valence electrons. The van der Waals surface area contributed by atoms with E-state index in [-0.39, 0.29) is 36.4 Å². The van der Waals surface area contributed by atoms with Crippen LogP contribution in [0.1, 0.15) is 36.0 Å². The number of piperidine rings is 1. The van der Waals surface area contributed by atoms with Gasteiger partial charge in [-0.15, -0.1) is 13.2 Å². The summed E-state index contributed by atoms with van der Waals surface area (Å²) in [5, 5.41) is 13.1. The maximum atomic E-state index is 12.8. The van der Waals surface area contributed by atoms with E-state index in [0.717, 1.165) is 16.9 Å². The number of halogens is 3. The van der Waals surface area contributed by atoms with Gasteiger partial charge in [0.05, 0.1) is 27.4 Å². The average Bonchev–Trinajstić information content (AvgIpc) is 3.41. The first-order valence-corrected chi connectivity index (χ1v) is 12.8. The minimum absolute atomic E-state index is 0.0765. The molecule has 9 nitrogen and oxygen atoms in total. The molecule has 2 N–H and O–H groups in total. The van der Waals surface area contributed by atoms with Crippen LogP contribution in [-0.2, 0) is 11.8 Å². The second-order valence-electron chi connectivity index (χ2n) is 9.05. The van der Waals surface area contributed by atoms with Gasteiger partial charge < -0.3 is 24.6 Å². The number of aryl methyl sites for hydroxylation is 1. The van der Waals surface area contributed by atoms with Gasteiger partial charge in [-0.3, -0.25) is 9.59 Å². The highest BCUT2D eigenvalue weighted by molar-refractivity contribution is 7.22. The molecule has 2 aromatic heterocycles. The van der Waals surface area contributed by atoms with Crippen LogP contribution >= 0.6 is 11.3 Å². The number of Topliss-reactive ketones (excluding diaryl/α,β-unsaturated/α-hetero) is 1. The van der Waals surface area contributed by atoms with Gasteiger partial charge in [-0.25, -0.2) is 9.97 Å². The van der Waals surface area contributed by atoms with Crippen LogP contribution in [0, 0.1) is 0 Å². The lowest BCUT2D eigenvalue weighted by atomic mass is 10.0. The third kappa shape index (κ3) is 5.73. The number of rotatable bonds is 7. The van der Waals surface area contributed by atoms with Gasteiger partial charge in [-0.2, -0.15) is 0 Å². The Morgan fingerprint density at radius 3 is 2.61 bits per heavy atom. The molecule has 0 atom stereocenters. The van der Waals surface area contributed by atoms with E-state index in [9.17, 15) is 27.9 Å². The molecule has 13 heteroatoms. The summed E-state index contributed by atoms with van der Waals surface area (Å²) in [5.41, 5.74) is 2.28. The van der Waals surface area contributed by atoms with Crippen molar-refractivity contribution in [1.29, 1.82) is 0 Å². The van der Waals surface area contributed by atoms with E-state index in [1.54, 1.807) is 34.7 Å². The van der Waals surface area contributed by atoms with Gasteiger partial charge in [0.25, 0.3) is 0 Å². The summed E-state index contributed by atoms with van der Waals surface area (Å²) in [7, 11) is 1.79. The fourth-order valence-corrected chi connectivity index (χ4v) is 5.26. The molecule has 1 aliphatic rings. The highest BCUT2D eigenvalue weighted by Gasteiger charge is 2.31. The quantitative estimate of drug-likeness (QED) is 0.321. The first-order valence-electron chi connectivity index (χ1n) is 11.9. The maximum Gasteiger partial charge on any atom is 0.573 e. The van der Waals surface area contributed by atoms with Crippen molar-refractivity contribution in [2.24, 2.45) is 7.05 Å². The fraction of sp³-hybridized carbons (Fsp3) is 0.360. The molecular formula is C25H24F3N5O4S. The predicted octanol–water partition coefficient (Wildman–Crippen LogP) is 4.77. The number of nitrogens with zero attached hydrogens (tertiary/aromatic N) is 4. The first-order chi connectivity index (χ1) is 18.1. The van der Waals surface area contributed by atoms with E-state index in [0.29, 0.717) is 58.3 Å². The number of hydrogen-bond donors (Lipinski definition) is 2. The Kier molecular flexibility index (Phi) is 6.97. The summed E-state index contributed by atoms with van der Waals surface area (Å²) >= 11 is 1.15. The number of imidazole rings is 1. The molecule has 0 aliphatic carbocycles. The maximum absolute atomic E-state index is 12.8. The minimum Gasteiger partial charge on any atom is -0.406 e. The van der Waals surface area contributed by atoms with Crippen molar-refractivity contribution in [1.82, 2.24) is 19.4 Å². The third-order valence-corrected chi connectivity index (χ3v) is 7.33. The fourth-order valence-electron chi connectivity index (χ4n) is 4.37. The molecule has 0 spiro atoms. The van der Waals surface area contributed by atoms with Gasteiger partial charge in [0.2, 0.25) is 11.9 Å². The number of anilines is 2. The summed E-state index contributed by atoms with van der Waals surface area (Å²) in [6, 6.07) is 9.06. The molecule has 3 heterocycles. The standard InChI is InChI=1S/C25H24F3N5O4S/c1-32-19-5-2-14(20(35)6-7-22(36)33-10-8-15(34)9-11-33)12-18(19)29-23(32)31-24-30-17-4-3-16(13-21(17)38-24)37-25(26,27)28/h2-5,12-13,15,34H,6-11H2,1H3,(H,29,30,31). The highest BCUT2D eigenvalue weighted by Crippen LogP contribution is 2.33. The van der Waals surface area contributed by atoms with Crippen LogP contribution in [0.15, 0.2) is 36.4 Å². The van der Waals surface area contributed by atoms with E-state index >= 15 is 0 Å². The Hall–Kier alpha value is -3.71. The molecule has 0 radical (unpaired) electrons. The second-order valence-corrected chi connectivity index (χ2v) is 10.1. The van der Waals surface area contributed by atoms with Gasteiger partial charge in [-0.05, 0) is 43.2 Å². The van der Waals surface area contributed by atoms with E-state index in [1.165, 1.54) is 18.2 Å². The van der Waals surface area contributed by atoms with Crippen molar-refractivity contribution in [3.05, 3.63) is 42.0 Å². The Labute approximate surface area is 218 Å². The number of amides is 1. The highest BCUT2D eigenvalue weighted by atomic mass is 32.1. The normalized spacial score (nSPS) is 14.8. The topological polar surface area (TPSA) is 110 Å². The number of thiazole rings is 1. The molecule has 0 unspecified atom stereocenters. The van der Waals surface area contributed by atoms with Crippen LogP contribution in [0.4, 0.5) is 24.3 Å². The van der Waals surface area contributed by atoms with Crippen LogP contribution in [-0.4, -0.2) is 61.8 Å². The van der Waals surface area contributed by atoms with E-state index in [2.05, 4.69) is 20.0 Å². The molecule has 2 aromatic carbocycles. The van der Waals surface area contributed by atoms with Crippen LogP contribution in [0.2, 0.25) is 0 Å². The number of ether oxygens (including phenoxy) is 1. The van der Waals surface area contributed by atoms with Crippen molar-refractivity contribution in [3.8, 4) is 5.75 Å². The van der Waals surface area contributed by atoms with E-state index in [1.807, 2.05) is 0 Å². The summed E-state index contributed by atoms with van der Waals surface area (Å²) < 4.78 is 43.8. The SMILES string of the molecule is Cn1c(Nc2nc3ccc(OC(F)(F)F)cc3s2)nc2cc(C(=O)CCC(=O)N3CCC(O)CC3)ccc21. The monoisotopic (exact) mass is 547 g/mol.